The molecule has 38 heavy (non-hydrogen) atoms. The second-order valence-corrected chi connectivity index (χ2v) is 10.2. The first-order valence-corrected chi connectivity index (χ1v) is 13.1. The SMILES string of the molecule is CC#CCn1c(N2CCC[C@@H](N)C2)nc2c1C(=O)N(CC(C)=Nc1ccccc1C(C)=N)C1=N[C@@H](C)CN12. The Morgan fingerprint density at radius 1 is 1.26 bits per heavy atom. The Morgan fingerprint density at radius 3 is 2.79 bits per heavy atom. The highest BCUT2D eigenvalue weighted by Gasteiger charge is 2.44. The summed E-state index contributed by atoms with van der Waals surface area (Å²) in [6.07, 6.45) is 1.97. The van der Waals surface area contributed by atoms with Gasteiger partial charge in [0.05, 0.1) is 24.8 Å². The smallest absolute Gasteiger partial charge is 0.281 e. The predicted octanol–water partition coefficient (Wildman–Crippen LogP) is 3.03. The van der Waals surface area contributed by atoms with Gasteiger partial charge in [-0.15, -0.1) is 5.92 Å². The van der Waals surface area contributed by atoms with Crippen LogP contribution in [0.4, 0.5) is 17.5 Å². The molecule has 3 aliphatic heterocycles. The molecule has 10 nitrogen and oxygen atoms in total. The molecule has 0 saturated carbocycles. The van der Waals surface area contributed by atoms with E-state index in [1.54, 1.807) is 18.7 Å². The number of hydrogen-bond donors (Lipinski definition) is 2. The molecular weight excluding hydrogens is 478 g/mol. The van der Waals surface area contributed by atoms with Gasteiger partial charge in [-0.3, -0.25) is 24.2 Å². The molecule has 198 valence electrons. The van der Waals surface area contributed by atoms with Crippen LogP contribution < -0.4 is 15.5 Å². The molecule has 0 aliphatic carbocycles. The number of guanidine groups is 1. The fourth-order valence-corrected chi connectivity index (χ4v) is 5.34. The summed E-state index contributed by atoms with van der Waals surface area (Å²) < 4.78 is 1.94. The number of rotatable bonds is 6. The number of para-hydroxylation sites is 1. The number of hydrogen-bond acceptors (Lipinski definition) is 8. The van der Waals surface area contributed by atoms with Crippen molar-refractivity contribution in [2.45, 2.75) is 59.2 Å². The Morgan fingerprint density at radius 2 is 2.05 bits per heavy atom. The van der Waals surface area contributed by atoms with Crippen molar-refractivity contribution in [3.8, 4) is 11.8 Å². The molecule has 0 spiro atoms. The van der Waals surface area contributed by atoms with Gasteiger partial charge in [0, 0.05) is 42.7 Å². The molecule has 0 radical (unpaired) electrons. The van der Waals surface area contributed by atoms with E-state index in [4.69, 9.17) is 26.1 Å². The van der Waals surface area contributed by atoms with Gasteiger partial charge in [0.1, 0.15) is 0 Å². The summed E-state index contributed by atoms with van der Waals surface area (Å²) in [5, 5.41) is 8.09. The lowest BCUT2D eigenvalue weighted by atomic mass is 10.1. The van der Waals surface area contributed by atoms with E-state index in [-0.39, 0.29) is 24.5 Å². The molecule has 10 heteroatoms. The number of nitrogens with one attached hydrogen (secondary N) is 1. The van der Waals surface area contributed by atoms with Crippen molar-refractivity contribution in [3.63, 3.8) is 0 Å². The average molecular weight is 514 g/mol. The van der Waals surface area contributed by atoms with Gasteiger partial charge < -0.3 is 16.0 Å². The van der Waals surface area contributed by atoms with Gasteiger partial charge >= 0.3 is 0 Å². The number of imidazole rings is 1. The van der Waals surface area contributed by atoms with E-state index in [1.807, 2.05) is 47.6 Å². The number of aliphatic imine (C=N–C) groups is 2. The molecule has 1 aromatic carbocycles. The van der Waals surface area contributed by atoms with E-state index >= 15 is 0 Å². The molecule has 1 saturated heterocycles. The van der Waals surface area contributed by atoms with E-state index in [1.165, 1.54) is 0 Å². The maximum Gasteiger partial charge on any atom is 0.281 e. The molecule has 5 rings (SSSR count). The van der Waals surface area contributed by atoms with Crippen LogP contribution in [0.3, 0.4) is 0 Å². The zero-order chi connectivity index (χ0) is 27.0. The predicted molar refractivity (Wildman–Crippen MR) is 152 cm³/mol. The summed E-state index contributed by atoms with van der Waals surface area (Å²) in [6, 6.07) is 7.68. The third kappa shape index (κ3) is 4.70. The average Bonchev–Trinajstić information content (AvgIpc) is 3.46. The largest absolute Gasteiger partial charge is 0.341 e. The van der Waals surface area contributed by atoms with Gasteiger partial charge in [-0.2, -0.15) is 4.98 Å². The Hall–Kier alpha value is -3.97. The Kier molecular flexibility index (Phi) is 7.04. The molecule has 2 aromatic rings. The van der Waals surface area contributed by atoms with Gasteiger partial charge in [0.15, 0.2) is 11.5 Å². The van der Waals surface area contributed by atoms with Crippen molar-refractivity contribution < 1.29 is 4.79 Å². The highest BCUT2D eigenvalue weighted by molar-refractivity contribution is 6.19. The van der Waals surface area contributed by atoms with Crippen LogP contribution in [0.15, 0.2) is 34.3 Å². The second kappa shape index (κ2) is 10.4. The van der Waals surface area contributed by atoms with Crippen LogP contribution in [0.2, 0.25) is 0 Å². The van der Waals surface area contributed by atoms with Crippen molar-refractivity contribution in [2.24, 2.45) is 15.7 Å². The molecule has 2 atom stereocenters. The summed E-state index contributed by atoms with van der Waals surface area (Å²) in [6.45, 7) is 10.3. The number of carbonyl (C=O) groups excluding carboxylic acids is 1. The van der Waals surface area contributed by atoms with Crippen LogP contribution in [0.1, 0.15) is 56.6 Å². The number of aromatic nitrogens is 2. The molecule has 4 heterocycles. The highest BCUT2D eigenvalue weighted by atomic mass is 16.2. The Balaban J connectivity index is 1.56. The zero-order valence-electron chi connectivity index (χ0n) is 22.5. The van der Waals surface area contributed by atoms with Crippen LogP contribution in [-0.2, 0) is 6.54 Å². The number of amides is 1. The first-order chi connectivity index (χ1) is 18.3. The number of nitrogens with two attached hydrogens (primary N) is 1. The molecule has 0 unspecified atom stereocenters. The lowest BCUT2D eigenvalue weighted by Gasteiger charge is -2.33. The van der Waals surface area contributed by atoms with Crippen LogP contribution in [0.5, 0.6) is 0 Å². The summed E-state index contributed by atoms with van der Waals surface area (Å²) in [5.41, 5.74) is 9.51. The number of nitrogens with zero attached hydrogens (tertiary/aromatic N) is 7. The summed E-state index contributed by atoms with van der Waals surface area (Å²) in [4.78, 5) is 34.7. The van der Waals surface area contributed by atoms with Gasteiger partial charge in [-0.25, -0.2) is 4.99 Å². The van der Waals surface area contributed by atoms with Gasteiger partial charge in [0.25, 0.3) is 5.91 Å². The number of anilines is 2. The monoisotopic (exact) mass is 513 g/mol. The van der Waals surface area contributed by atoms with Crippen molar-refractivity contribution >= 4 is 40.7 Å². The van der Waals surface area contributed by atoms with Crippen LogP contribution in [-0.4, -0.2) is 76.0 Å². The van der Waals surface area contributed by atoms with E-state index < -0.39 is 0 Å². The third-order valence-corrected chi connectivity index (χ3v) is 7.06. The fourth-order valence-electron chi connectivity index (χ4n) is 5.34. The quantitative estimate of drug-likeness (QED) is 0.455. The third-order valence-electron chi connectivity index (χ3n) is 7.06. The number of carbonyl (C=O) groups is 1. The molecule has 3 aliphatic rings. The normalized spacial score (nSPS) is 21.1. The molecular formula is C28H35N9O. The van der Waals surface area contributed by atoms with Gasteiger partial charge in [0.2, 0.25) is 11.9 Å². The summed E-state index contributed by atoms with van der Waals surface area (Å²) >= 11 is 0. The zero-order valence-corrected chi connectivity index (χ0v) is 22.5. The number of piperidine rings is 1. The topological polar surface area (TPSA) is 119 Å². The minimum Gasteiger partial charge on any atom is -0.341 e. The van der Waals surface area contributed by atoms with Crippen molar-refractivity contribution in [1.82, 2.24) is 14.5 Å². The summed E-state index contributed by atoms with van der Waals surface area (Å²) in [5.74, 6) is 7.93. The molecule has 1 fully saturated rings. The first kappa shape index (κ1) is 25.7. The van der Waals surface area contributed by atoms with Crippen molar-refractivity contribution in [2.75, 3.05) is 36.0 Å². The van der Waals surface area contributed by atoms with Gasteiger partial charge in [-0.1, -0.05) is 24.1 Å². The summed E-state index contributed by atoms with van der Waals surface area (Å²) in [7, 11) is 0. The first-order valence-electron chi connectivity index (χ1n) is 13.1. The number of fused-ring (bicyclic) bond motifs is 3. The standard InChI is InChI=1S/C28H35N9O/c1-5-6-14-35-24-25(33-27(35)34-13-9-10-21(30)17-34)36-15-19(3)32-28(36)37(26(24)38)16-18(2)31-23-12-8-7-11-22(23)20(4)29/h7-8,11-12,19,21,29H,9-10,13-17,30H2,1-4H3/t19-,21+/m0/s1. The molecule has 3 N–H and O–H groups in total. The van der Waals surface area contributed by atoms with Crippen molar-refractivity contribution in [1.29, 1.82) is 5.41 Å². The Bertz CT molecular complexity index is 1390. The second-order valence-electron chi connectivity index (χ2n) is 10.2. The van der Waals surface area contributed by atoms with Crippen LogP contribution in [0, 0.1) is 17.3 Å². The lowest BCUT2D eigenvalue weighted by molar-refractivity contribution is 0.0846. The minimum atomic E-state index is -0.159. The van der Waals surface area contributed by atoms with E-state index in [9.17, 15) is 4.79 Å². The maximum atomic E-state index is 14.2. The maximum absolute atomic E-state index is 14.2. The van der Waals surface area contributed by atoms with Crippen LogP contribution >= 0.6 is 0 Å². The van der Waals surface area contributed by atoms with E-state index in [0.717, 1.165) is 36.6 Å². The van der Waals surface area contributed by atoms with Gasteiger partial charge in [-0.05, 0) is 46.6 Å². The lowest BCUT2D eigenvalue weighted by Crippen LogP contribution is -2.52. The van der Waals surface area contributed by atoms with E-state index in [2.05, 4.69) is 16.7 Å². The van der Waals surface area contributed by atoms with Crippen molar-refractivity contribution in [3.05, 3.63) is 35.5 Å². The molecule has 1 aromatic heterocycles. The van der Waals surface area contributed by atoms with Crippen LogP contribution in [0.25, 0.3) is 0 Å². The minimum absolute atomic E-state index is 0.0252. The highest BCUT2D eigenvalue weighted by Crippen LogP contribution is 2.36. The molecule has 1 amide bonds. The number of benzene rings is 1. The van der Waals surface area contributed by atoms with E-state index in [0.29, 0.717) is 48.5 Å². The fraction of sp³-hybridized carbons (Fsp3) is 0.464. The molecule has 0 bridgehead atoms. The Labute approximate surface area is 223 Å².